The highest BCUT2D eigenvalue weighted by Gasteiger charge is 2.34. The number of amides is 1. The molecule has 0 fully saturated rings. The van der Waals surface area contributed by atoms with E-state index in [0.29, 0.717) is 34.5 Å². The summed E-state index contributed by atoms with van der Waals surface area (Å²) in [4.78, 5) is 26.0. The van der Waals surface area contributed by atoms with Crippen LogP contribution in [0.4, 0.5) is 5.69 Å². The Morgan fingerprint density at radius 3 is 2.39 bits per heavy atom. The number of thioether (sulfide) groups is 1. The van der Waals surface area contributed by atoms with Crippen molar-refractivity contribution in [2.45, 2.75) is 37.7 Å². The van der Waals surface area contributed by atoms with Gasteiger partial charge >= 0.3 is 7.60 Å². The molecule has 0 spiro atoms. The number of benzene rings is 2. The Balaban J connectivity index is 1.51. The average Bonchev–Trinajstić information content (AvgIpc) is 3.21. The van der Waals surface area contributed by atoms with E-state index in [-0.39, 0.29) is 36.9 Å². The standard InChI is InChI=1S/C23H26NO7PS/c1-4-30-32(27,31-5-2)17-8-6-16(7-9-17)24-23(26)21-11-15-10-19-20(29-13-28-19)12-18(15)22(25)14(3)33-21/h6-10,12,14,21H,4-5,11,13H2,1-3H3,(H,24,26)/t14-,21+/m0/s1. The van der Waals surface area contributed by atoms with Gasteiger partial charge in [0.25, 0.3) is 0 Å². The molecule has 2 aromatic carbocycles. The first-order chi connectivity index (χ1) is 15.8. The Morgan fingerprint density at radius 1 is 1.12 bits per heavy atom. The molecule has 0 aromatic heterocycles. The van der Waals surface area contributed by atoms with Crippen LogP contribution in [0.15, 0.2) is 36.4 Å². The van der Waals surface area contributed by atoms with E-state index in [1.54, 1.807) is 57.2 Å². The van der Waals surface area contributed by atoms with Gasteiger partial charge in [-0.1, -0.05) is 0 Å². The molecule has 8 nitrogen and oxygen atoms in total. The summed E-state index contributed by atoms with van der Waals surface area (Å²) < 4.78 is 34.5. The van der Waals surface area contributed by atoms with Crippen LogP contribution >= 0.6 is 19.4 Å². The minimum atomic E-state index is -3.39. The first-order valence-electron chi connectivity index (χ1n) is 10.8. The number of hydrogen-bond donors (Lipinski definition) is 1. The molecule has 2 aliphatic rings. The van der Waals surface area contributed by atoms with E-state index in [1.807, 2.05) is 0 Å². The minimum absolute atomic E-state index is 0.0319. The second-order valence-electron chi connectivity index (χ2n) is 7.57. The number of ketones is 1. The Labute approximate surface area is 196 Å². The van der Waals surface area contributed by atoms with Crippen LogP contribution in [0.5, 0.6) is 11.5 Å². The smallest absolute Gasteiger partial charge is 0.361 e. The second-order valence-corrected chi connectivity index (χ2v) is 11.1. The number of anilines is 1. The first-order valence-corrected chi connectivity index (χ1v) is 13.3. The summed E-state index contributed by atoms with van der Waals surface area (Å²) in [5, 5.41) is 2.48. The minimum Gasteiger partial charge on any atom is -0.454 e. The maximum absolute atomic E-state index is 13.1. The van der Waals surface area contributed by atoms with Gasteiger partial charge < -0.3 is 23.8 Å². The molecule has 0 radical (unpaired) electrons. The first kappa shape index (κ1) is 23.8. The maximum Gasteiger partial charge on any atom is 0.361 e. The predicted molar refractivity (Wildman–Crippen MR) is 127 cm³/mol. The molecule has 33 heavy (non-hydrogen) atoms. The predicted octanol–water partition coefficient (Wildman–Crippen LogP) is 4.17. The van der Waals surface area contributed by atoms with Gasteiger partial charge in [-0.15, -0.1) is 11.8 Å². The lowest BCUT2D eigenvalue weighted by molar-refractivity contribution is -0.115. The Morgan fingerprint density at radius 2 is 1.76 bits per heavy atom. The Bertz CT molecular complexity index is 1090. The second kappa shape index (κ2) is 9.89. The van der Waals surface area contributed by atoms with Crippen LogP contribution in [0.25, 0.3) is 0 Å². The summed E-state index contributed by atoms with van der Waals surface area (Å²) in [6.45, 7) is 5.95. The van der Waals surface area contributed by atoms with E-state index in [0.717, 1.165) is 5.56 Å². The van der Waals surface area contributed by atoms with Crippen molar-refractivity contribution in [1.29, 1.82) is 0 Å². The fourth-order valence-electron chi connectivity index (χ4n) is 3.79. The normalized spacial score (nSPS) is 19.7. The average molecular weight is 492 g/mol. The number of hydrogen-bond acceptors (Lipinski definition) is 8. The lowest BCUT2D eigenvalue weighted by Crippen LogP contribution is -2.28. The summed E-state index contributed by atoms with van der Waals surface area (Å²) in [6, 6.07) is 10.1. The van der Waals surface area contributed by atoms with Crippen LogP contribution in [0.3, 0.4) is 0 Å². The molecule has 0 bridgehead atoms. The Kier molecular flexibility index (Phi) is 7.14. The van der Waals surface area contributed by atoms with E-state index in [9.17, 15) is 14.2 Å². The van der Waals surface area contributed by atoms with Gasteiger partial charge in [-0.2, -0.15) is 0 Å². The van der Waals surface area contributed by atoms with Crippen LogP contribution in [-0.2, 0) is 24.8 Å². The van der Waals surface area contributed by atoms with E-state index in [2.05, 4.69) is 5.32 Å². The lowest BCUT2D eigenvalue weighted by atomic mass is 9.97. The van der Waals surface area contributed by atoms with Crippen molar-refractivity contribution in [1.82, 2.24) is 0 Å². The van der Waals surface area contributed by atoms with E-state index in [4.69, 9.17) is 18.5 Å². The van der Waals surface area contributed by atoms with Crippen molar-refractivity contribution < 1.29 is 32.7 Å². The molecular formula is C23H26NO7PS. The SMILES string of the molecule is CCOP(=O)(OCC)c1ccc(NC(=O)[C@H]2Cc3cc4c(cc3C(=O)[C@H](C)S2)OCO4)cc1. The van der Waals surface area contributed by atoms with Gasteiger partial charge in [-0.05, 0) is 69.2 Å². The van der Waals surface area contributed by atoms with Gasteiger partial charge in [0.1, 0.15) is 0 Å². The van der Waals surface area contributed by atoms with Crippen molar-refractivity contribution in [3.05, 3.63) is 47.5 Å². The molecule has 0 saturated heterocycles. The van der Waals surface area contributed by atoms with Crippen molar-refractivity contribution in [2.24, 2.45) is 0 Å². The Hall–Kier alpha value is -2.32. The number of carbonyl (C=O) groups is 2. The summed E-state index contributed by atoms with van der Waals surface area (Å²) in [5.74, 6) is 0.897. The van der Waals surface area contributed by atoms with Crippen molar-refractivity contribution in [2.75, 3.05) is 25.3 Å². The topological polar surface area (TPSA) is 100 Å². The fourth-order valence-corrected chi connectivity index (χ4v) is 6.56. The molecule has 10 heteroatoms. The van der Waals surface area contributed by atoms with Crippen LogP contribution in [0.1, 0.15) is 36.7 Å². The molecule has 2 atom stereocenters. The number of nitrogens with one attached hydrogen (secondary N) is 1. The fraction of sp³-hybridized carbons (Fsp3) is 0.391. The van der Waals surface area contributed by atoms with Crippen LogP contribution in [-0.4, -0.2) is 42.2 Å². The molecule has 1 amide bonds. The molecule has 2 aromatic rings. The van der Waals surface area contributed by atoms with E-state index in [1.165, 1.54) is 11.8 Å². The van der Waals surface area contributed by atoms with Gasteiger partial charge in [-0.25, -0.2) is 0 Å². The molecule has 0 aliphatic carbocycles. The third-order valence-electron chi connectivity index (χ3n) is 5.35. The highest BCUT2D eigenvalue weighted by molar-refractivity contribution is 8.02. The highest BCUT2D eigenvalue weighted by atomic mass is 32.2. The quantitative estimate of drug-likeness (QED) is 0.576. The van der Waals surface area contributed by atoms with Crippen molar-refractivity contribution >= 4 is 42.0 Å². The zero-order valence-electron chi connectivity index (χ0n) is 18.7. The van der Waals surface area contributed by atoms with E-state index >= 15 is 0 Å². The molecule has 2 aliphatic heterocycles. The zero-order valence-corrected chi connectivity index (χ0v) is 20.4. The number of ether oxygens (including phenoxy) is 2. The summed E-state index contributed by atoms with van der Waals surface area (Å²) in [5.41, 5.74) is 1.89. The molecule has 0 saturated carbocycles. The lowest BCUT2D eigenvalue weighted by Gasteiger charge is -2.18. The van der Waals surface area contributed by atoms with Gasteiger partial charge in [-0.3, -0.25) is 14.2 Å². The number of rotatable bonds is 7. The van der Waals surface area contributed by atoms with Gasteiger partial charge in [0.15, 0.2) is 17.3 Å². The van der Waals surface area contributed by atoms with Crippen LogP contribution < -0.4 is 20.1 Å². The van der Waals surface area contributed by atoms with E-state index < -0.39 is 12.8 Å². The van der Waals surface area contributed by atoms with Crippen LogP contribution in [0.2, 0.25) is 0 Å². The summed E-state index contributed by atoms with van der Waals surface area (Å²) in [6.07, 6.45) is 0.389. The number of Topliss-reactive ketones (excluding diaryl/α,β-unsaturated/α-hetero) is 1. The molecule has 0 unspecified atom stereocenters. The van der Waals surface area contributed by atoms with Crippen LogP contribution in [0, 0.1) is 0 Å². The van der Waals surface area contributed by atoms with Gasteiger partial charge in [0.2, 0.25) is 12.7 Å². The molecule has 1 N–H and O–H groups in total. The number of fused-ring (bicyclic) bond motifs is 2. The van der Waals surface area contributed by atoms with Gasteiger partial charge in [0.05, 0.1) is 29.0 Å². The third-order valence-corrected chi connectivity index (χ3v) is 8.81. The summed E-state index contributed by atoms with van der Waals surface area (Å²) in [7, 11) is -3.39. The zero-order chi connectivity index (χ0) is 23.6. The molecule has 2 heterocycles. The maximum atomic E-state index is 13.1. The third kappa shape index (κ3) is 4.96. The number of carbonyl (C=O) groups excluding carboxylic acids is 2. The van der Waals surface area contributed by atoms with Gasteiger partial charge in [0, 0.05) is 11.3 Å². The molecular weight excluding hydrogens is 465 g/mol. The highest BCUT2D eigenvalue weighted by Crippen LogP contribution is 2.47. The molecule has 176 valence electrons. The monoisotopic (exact) mass is 491 g/mol. The largest absolute Gasteiger partial charge is 0.454 e. The van der Waals surface area contributed by atoms with Crippen molar-refractivity contribution in [3.8, 4) is 11.5 Å². The summed E-state index contributed by atoms with van der Waals surface area (Å²) >= 11 is 1.33. The van der Waals surface area contributed by atoms with Crippen molar-refractivity contribution in [3.63, 3.8) is 0 Å². The molecule has 4 rings (SSSR count).